The number of halogens is 1. The van der Waals surface area contributed by atoms with Gasteiger partial charge in [-0.2, -0.15) is 0 Å². The SMILES string of the molecule is FC1=CC=CC2COC[C@H](c3ccccc3)C12. The summed E-state index contributed by atoms with van der Waals surface area (Å²) in [7, 11) is 0. The fourth-order valence-electron chi connectivity index (χ4n) is 2.81. The Bertz CT molecular complexity index is 449. The first kappa shape index (κ1) is 10.7. The average molecular weight is 230 g/mol. The highest BCUT2D eigenvalue weighted by molar-refractivity contribution is 5.29. The van der Waals surface area contributed by atoms with Gasteiger partial charge in [-0.05, 0) is 11.6 Å². The third-order valence-electron chi connectivity index (χ3n) is 3.66. The first-order chi connectivity index (χ1) is 8.36. The smallest absolute Gasteiger partial charge is 0.104 e. The fourth-order valence-corrected chi connectivity index (χ4v) is 2.81. The molecule has 1 aromatic rings. The third kappa shape index (κ3) is 1.93. The summed E-state index contributed by atoms with van der Waals surface area (Å²) in [6.07, 6.45) is 5.44. The molecule has 3 atom stereocenters. The molecule has 1 heterocycles. The molecule has 0 amide bonds. The summed E-state index contributed by atoms with van der Waals surface area (Å²) in [5.41, 5.74) is 1.17. The van der Waals surface area contributed by atoms with Crippen LogP contribution in [0.4, 0.5) is 4.39 Å². The Morgan fingerprint density at radius 2 is 1.94 bits per heavy atom. The number of rotatable bonds is 1. The number of fused-ring (bicyclic) bond motifs is 1. The third-order valence-corrected chi connectivity index (χ3v) is 3.66. The van der Waals surface area contributed by atoms with Gasteiger partial charge in [-0.3, -0.25) is 0 Å². The van der Waals surface area contributed by atoms with Crippen LogP contribution in [0.25, 0.3) is 0 Å². The van der Waals surface area contributed by atoms with Crippen molar-refractivity contribution >= 4 is 0 Å². The molecule has 1 saturated heterocycles. The normalized spacial score (nSPS) is 31.8. The molecule has 0 radical (unpaired) electrons. The van der Waals surface area contributed by atoms with Crippen molar-refractivity contribution in [2.75, 3.05) is 13.2 Å². The first-order valence-electron chi connectivity index (χ1n) is 6.03. The number of ether oxygens (including phenoxy) is 1. The molecule has 0 spiro atoms. The predicted molar refractivity (Wildman–Crippen MR) is 65.3 cm³/mol. The fraction of sp³-hybridized carbons (Fsp3) is 0.333. The Labute approximate surface area is 101 Å². The highest BCUT2D eigenvalue weighted by atomic mass is 19.1. The lowest BCUT2D eigenvalue weighted by Crippen LogP contribution is -2.34. The molecule has 2 heteroatoms. The highest BCUT2D eigenvalue weighted by Gasteiger charge is 2.37. The summed E-state index contributed by atoms with van der Waals surface area (Å²) >= 11 is 0. The van der Waals surface area contributed by atoms with Gasteiger partial charge in [-0.15, -0.1) is 0 Å². The summed E-state index contributed by atoms with van der Waals surface area (Å²) in [5, 5.41) is 0. The second kappa shape index (κ2) is 4.46. The van der Waals surface area contributed by atoms with Crippen molar-refractivity contribution in [3.63, 3.8) is 0 Å². The van der Waals surface area contributed by atoms with Crippen molar-refractivity contribution in [1.29, 1.82) is 0 Å². The molecule has 3 rings (SSSR count). The molecule has 0 saturated carbocycles. The minimum Gasteiger partial charge on any atom is -0.380 e. The van der Waals surface area contributed by atoms with E-state index in [0.29, 0.717) is 13.2 Å². The second-order valence-corrected chi connectivity index (χ2v) is 4.68. The molecule has 2 unspecified atom stereocenters. The molecule has 1 nitrogen and oxygen atoms in total. The van der Waals surface area contributed by atoms with E-state index < -0.39 is 0 Å². The minimum atomic E-state index is -0.0452. The standard InChI is InChI=1S/C15H15FO/c16-14-8-4-7-12-9-17-10-13(15(12)14)11-5-2-1-3-6-11/h1-8,12-13,15H,9-10H2/t12?,13-,15?/m1/s1. The van der Waals surface area contributed by atoms with Gasteiger partial charge in [0.25, 0.3) is 0 Å². The van der Waals surface area contributed by atoms with Crippen LogP contribution < -0.4 is 0 Å². The quantitative estimate of drug-likeness (QED) is 0.718. The van der Waals surface area contributed by atoms with E-state index in [9.17, 15) is 4.39 Å². The molecule has 88 valence electrons. The van der Waals surface area contributed by atoms with Gasteiger partial charge in [0.2, 0.25) is 0 Å². The van der Waals surface area contributed by atoms with Gasteiger partial charge in [-0.1, -0.05) is 42.5 Å². The van der Waals surface area contributed by atoms with Crippen LogP contribution in [0.15, 0.2) is 54.4 Å². The van der Waals surface area contributed by atoms with Crippen LogP contribution in [0, 0.1) is 11.8 Å². The number of allylic oxidation sites excluding steroid dienone is 3. The summed E-state index contributed by atoms with van der Waals surface area (Å²) < 4.78 is 19.6. The van der Waals surface area contributed by atoms with Crippen molar-refractivity contribution in [3.05, 3.63) is 60.0 Å². The minimum absolute atomic E-state index is 0.00495. The van der Waals surface area contributed by atoms with Crippen LogP contribution in [0.3, 0.4) is 0 Å². The van der Waals surface area contributed by atoms with E-state index in [-0.39, 0.29) is 23.6 Å². The number of hydrogen-bond donors (Lipinski definition) is 0. The lowest BCUT2D eigenvalue weighted by molar-refractivity contribution is 0.0203. The van der Waals surface area contributed by atoms with Crippen molar-refractivity contribution in [2.45, 2.75) is 5.92 Å². The monoisotopic (exact) mass is 230 g/mol. The highest BCUT2D eigenvalue weighted by Crippen LogP contribution is 2.42. The van der Waals surface area contributed by atoms with E-state index in [0.717, 1.165) is 0 Å². The average Bonchev–Trinajstić information content (AvgIpc) is 2.39. The maximum Gasteiger partial charge on any atom is 0.104 e. The van der Waals surface area contributed by atoms with E-state index in [1.807, 2.05) is 18.2 Å². The number of hydrogen-bond acceptors (Lipinski definition) is 1. The van der Waals surface area contributed by atoms with Crippen molar-refractivity contribution in [3.8, 4) is 0 Å². The van der Waals surface area contributed by atoms with E-state index in [4.69, 9.17) is 4.74 Å². The van der Waals surface area contributed by atoms with E-state index in [2.05, 4.69) is 18.2 Å². The van der Waals surface area contributed by atoms with Crippen LogP contribution in [-0.2, 0) is 4.74 Å². The van der Waals surface area contributed by atoms with Crippen LogP contribution in [0.1, 0.15) is 11.5 Å². The Kier molecular flexibility index (Phi) is 2.81. The molecule has 17 heavy (non-hydrogen) atoms. The van der Waals surface area contributed by atoms with Gasteiger partial charge in [0, 0.05) is 17.8 Å². The molecule has 1 aromatic carbocycles. The maximum atomic E-state index is 14.0. The molecule has 0 N–H and O–H groups in total. The molecule has 2 aliphatic rings. The number of benzene rings is 1. The zero-order valence-corrected chi connectivity index (χ0v) is 9.55. The predicted octanol–water partition coefficient (Wildman–Crippen LogP) is 3.46. The molecule has 1 fully saturated rings. The van der Waals surface area contributed by atoms with Gasteiger partial charge in [0.1, 0.15) is 5.83 Å². The zero-order valence-electron chi connectivity index (χ0n) is 9.55. The van der Waals surface area contributed by atoms with Gasteiger partial charge in [0.05, 0.1) is 13.2 Å². The van der Waals surface area contributed by atoms with Crippen molar-refractivity contribution in [2.24, 2.45) is 11.8 Å². The molecule has 0 aromatic heterocycles. The summed E-state index contributed by atoms with van der Waals surface area (Å²) in [6.45, 7) is 1.24. The summed E-state index contributed by atoms with van der Waals surface area (Å²) in [4.78, 5) is 0. The van der Waals surface area contributed by atoms with E-state index >= 15 is 0 Å². The van der Waals surface area contributed by atoms with E-state index in [1.54, 1.807) is 12.2 Å². The van der Waals surface area contributed by atoms with Gasteiger partial charge >= 0.3 is 0 Å². The van der Waals surface area contributed by atoms with E-state index in [1.165, 1.54) is 5.56 Å². The molecule has 1 aliphatic heterocycles. The molecular formula is C15H15FO. The lowest BCUT2D eigenvalue weighted by atomic mass is 9.74. The molecular weight excluding hydrogens is 215 g/mol. The first-order valence-corrected chi connectivity index (χ1v) is 6.03. The van der Waals surface area contributed by atoms with Crippen LogP contribution in [0.2, 0.25) is 0 Å². The van der Waals surface area contributed by atoms with Crippen LogP contribution in [0.5, 0.6) is 0 Å². The van der Waals surface area contributed by atoms with Crippen LogP contribution in [-0.4, -0.2) is 13.2 Å². The second-order valence-electron chi connectivity index (χ2n) is 4.68. The summed E-state index contributed by atoms with van der Waals surface area (Å²) in [6, 6.07) is 10.1. The van der Waals surface area contributed by atoms with Crippen LogP contribution >= 0.6 is 0 Å². The molecule has 0 bridgehead atoms. The van der Waals surface area contributed by atoms with Gasteiger partial charge < -0.3 is 4.74 Å². The van der Waals surface area contributed by atoms with Gasteiger partial charge in [-0.25, -0.2) is 4.39 Å². The summed E-state index contributed by atoms with van der Waals surface area (Å²) in [5.74, 6) is 0.265. The van der Waals surface area contributed by atoms with Crippen molar-refractivity contribution < 1.29 is 9.13 Å². The topological polar surface area (TPSA) is 9.23 Å². The Hall–Kier alpha value is -1.41. The zero-order chi connectivity index (χ0) is 11.7. The van der Waals surface area contributed by atoms with Gasteiger partial charge in [0.15, 0.2) is 0 Å². The Morgan fingerprint density at radius 3 is 2.76 bits per heavy atom. The maximum absolute atomic E-state index is 14.0. The molecule has 1 aliphatic carbocycles. The lowest BCUT2D eigenvalue weighted by Gasteiger charge is -2.37. The Balaban J connectivity index is 1.94. The Morgan fingerprint density at radius 1 is 1.12 bits per heavy atom. The largest absolute Gasteiger partial charge is 0.380 e. The van der Waals surface area contributed by atoms with Crippen molar-refractivity contribution in [1.82, 2.24) is 0 Å².